The SMILES string of the molecule is CC(C)(C)c1cc2ccc3c(/C=C/c4cccc(-c5ccc6ccccc6c5)c4)cc(-c4ccc(-c5ccccn5)cc4)c4ccc(c1)c2c34. The lowest BCUT2D eigenvalue weighted by Crippen LogP contribution is -2.10. The highest BCUT2D eigenvalue weighted by Crippen LogP contribution is 2.43. The standard InChI is InChI=1S/C49H37N/c1-49(2,3)42-29-40-22-24-43-39(15-14-32-9-8-12-36(27-32)38-21-16-33-10-4-5-11-37(33)28-38)31-45(44-25-23-41(30-42)47(40)48(43)44)34-17-19-35(20-18-34)46-13-6-7-26-50-46/h4-31H,1-3H3/b15-14+. The van der Waals surface area contributed by atoms with Gasteiger partial charge in [-0.3, -0.25) is 4.98 Å². The van der Waals surface area contributed by atoms with E-state index in [4.69, 9.17) is 0 Å². The van der Waals surface area contributed by atoms with Crippen molar-refractivity contribution in [2.45, 2.75) is 26.2 Å². The van der Waals surface area contributed by atoms with Crippen molar-refractivity contribution in [1.29, 1.82) is 0 Å². The fourth-order valence-corrected chi connectivity index (χ4v) is 7.48. The van der Waals surface area contributed by atoms with Crippen molar-refractivity contribution >= 4 is 55.2 Å². The molecule has 1 heteroatoms. The van der Waals surface area contributed by atoms with E-state index in [1.54, 1.807) is 0 Å². The second-order valence-corrected chi connectivity index (χ2v) is 14.5. The third kappa shape index (κ3) is 5.32. The van der Waals surface area contributed by atoms with E-state index in [0.29, 0.717) is 0 Å². The molecule has 0 amide bonds. The van der Waals surface area contributed by atoms with E-state index in [1.807, 2.05) is 18.3 Å². The zero-order valence-electron chi connectivity index (χ0n) is 28.6. The largest absolute Gasteiger partial charge is 0.256 e. The van der Waals surface area contributed by atoms with E-state index >= 15 is 0 Å². The van der Waals surface area contributed by atoms with Gasteiger partial charge in [0.25, 0.3) is 0 Å². The van der Waals surface area contributed by atoms with E-state index in [0.717, 1.165) is 11.3 Å². The predicted octanol–water partition coefficient (Wildman–Crippen LogP) is 13.6. The molecule has 0 aliphatic carbocycles. The van der Waals surface area contributed by atoms with Crippen molar-refractivity contribution in [2.24, 2.45) is 0 Å². The number of aromatic nitrogens is 1. The van der Waals surface area contributed by atoms with Gasteiger partial charge in [-0.25, -0.2) is 0 Å². The Morgan fingerprint density at radius 3 is 1.90 bits per heavy atom. The fraction of sp³-hybridized carbons (Fsp3) is 0.0816. The van der Waals surface area contributed by atoms with Gasteiger partial charge in [0.05, 0.1) is 5.69 Å². The lowest BCUT2D eigenvalue weighted by atomic mass is 9.82. The molecule has 0 aliphatic heterocycles. The quantitative estimate of drug-likeness (QED) is 0.135. The summed E-state index contributed by atoms with van der Waals surface area (Å²) in [6.45, 7) is 6.89. The molecule has 0 aliphatic rings. The highest BCUT2D eigenvalue weighted by molar-refractivity contribution is 6.27. The molecule has 1 nitrogen and oxygen atoms in total. The summed E-state index contributed by atoms with van der Waals surface area (Å²) in [5.74, 6) is 0. The number of benzene rings is 8. The Balaban J connectivity index is 1.20. The van der Waals surface area contributed by atoms with Crippen molar-refractivity contribution < 1.29 is 0 Å². The molecule has 0 radical (unpaired) electrons. The van der Waals surface area contributed by atoms with Crippen LogP contribution in [0.2, 0.25) is 0 Å². The number of hydrogen-bond donors (Lipinski definition) is 0. The van der Waals surface area contributed by atoms with Crippen LogP contribution in [0.5, 0.6) is 0 Å². The topological polar surface area (TPSA) is 12.9 Å². The van der Waals surface area contributed by atoms with E-state index in [2.05, 4.69) is 177 Å². The van der Waals surface area contributed by atoms with Gasteiger partial charge in [-0.1, -0.05) is 154 Å². The maximum Gasteiger partial charge on any atom is 0.0701 e. The fourth-order valence-electron chi connectivity index (χ4n) is 7.48. The van der Waals surface area contributed by atoms with Gasteiger partial charge in [0.15, 0.2) is 0 Å². The molecule has 50 heavy (non-hydrogen) atoms. The molecule has 1 heterocycles. The van der Waals surface area contributed by atoms with Crippen molar-refractivity contribution in [3.05, 3.63) is 175 Å². The molecule has 0 unspecified atom stereocenters. The zero-order valence-corrected chi connectivity index (χ0v) is 28.6. The summed E-state index contributed by atoms with van der Waals surface area (Å²) < 4.78 is 0. The Morgan fingerprint density at radius 1 is 0.460 bits per heavy atom. The van der Waals surface area contributed by atoms with Crippen LogP contribution in [-0.4, -0.2) is 4.98 Å². The number of hydrogen-bond acceptors (Lipinski definition) is 1. The monoisotopic (exact) mass is 639 g/mol. The first-order chi connectivity index (χ1) is 24.4. The third-order valence-corrected chi connectivity index (χ3v) is 10.2. The molecule has 1 aromatic heterocycles. The summed E-state index contributed by atoms with van der Waals surface area (Å²) in [5, 5.41) is 10.3. The number of rotatable bonds is 5. The van der Waals surface area contributed by atoms with Crippen LogP contribution < -0.4 is 0 Å². The smallest absolute Gasteiger partial charge is 0.0701 e. The third-order valence-electron chi connectivity index (χ3n) is 10.2. The highest BCUT2D eigenvalue weighted by atomic mass is 14.7. The van der Waals surface area contributed by atoms with Crippen LogP contribution in [0.25, 0.3) is 88.8 Å². The molecule has 0 atom stereocenters. The number of nitrogens with zero attached hydrogens (tertiary/aromatic N) is 1. The number of pyridine rings is 1. The van der Waals surface area contributed by atoms with Crippen molar-refractivity contribution in [3.8, 4) is 33.5 Å². The average molecular weight is 640 g/mol. The minimum atomic E-state index is 0.0697. The van der Waals surface area contributed by atoms with Gasteiger partial charge in [-0.05, 0) is 118 Å². The maximum atomic E-state index is 4.58. The first-order valence-corrected chi connectivity index (χ1v) is 17.4. The molecular formula is C49H37N. The second-order valence-electron chi connectivity index (χ2n) is 14.5. The van der Waals surface area contributed by atoms with Crippen LogP contribution in [0.1, 0.15) is 37.5 Å². The van der Waals surface area contributed by atoms with Crippen LogP contribution >= 0.6 is 0 Å². The van der Waals surface area contributed by atoms with Crippen molar-refractivity contribution in [2.75, 3.05) is 0 Å². The first-order valence-electron chi connectivity index (χ1n) is 17.4. The van der Waals surface area contributed by atoms with Gasteiger partial charge in [0.1, 0.15) is 0 Å². The van der Waals surface area contributed by atoms with Gasteiger partial charge in [-0.2, -0.15) is 0 Å². The zero-order chi connectivity index (χ0) is 33.8. The molecule has 0 saturated carbocycles. The van der Waals surface area contributed by atoms with Crippen molar-refractivity contribution in [1.82, 2.24) is 4.98 Å². The summed E-state index contributed by atoms with van der Waals surface area (Å²) in [5.41, 5.74) is 10.8. The predicted molar refractivity (Wildman–Crippen MR) is 216 cm³/mol. The molecule has 0 fully saturated rings. The summed E-state index contributed by atoms with van der Waals surface area (Å²) in [4.78, 5) is 4.58. The summed E-state index contributed by atoms with van der Waals surface area (Å²) in [7, 11) is 0. The van der Waals surface area contributed by atoms with E-state index < -0.39 is 0 Å². The minimum Gasteiger partial charge on any atom is -0.256 e. The lowest BCUT2D eigenvalue weighted by molar-refractivity contribution is 0.591. The van der Waals surface area contributed by atoms with Gasteiger partial charge in [0.2, 0.25) is 0 Å². The van der Waals surface area contributed by atoms with Crippen LogP contribution in [0.3, 0.4) is 0 Å². The Bertz CT molecular complexity index is 2690. The van der Waals surface area contributed by atoms with E-state index in [-0.39, 0.29) is 5.41 Å². The molecule has 0 spiro atoms. The van der Waals surface area contributed by atoms with Gasteiger partial charge in [-0.15, -0.1) is 0 Å². The Morgan fingerprint density at radius 2 is 1.14 bits per heavy atom. The van der Waals surface area contributed by atoms with Crippen molar-refractivity contribution in [3.63, 3.8) is 0 Å². The van der Waals surface area contributed by atoms with Gasteiger partial charge in [0, 0.05) is 11.8 Å². The molecule has 9 aromatic rings. The first kappa shape index (κ1) is 30.0. The van der Waals surface area contributed by atoms with E-state index in [1.165, 1.54) is 82.0 Å². The van der Waals surface area contributed by atoms with Crippen LogP contribution in [0.4, 0.5) is 0 Å². The molecule has 0 N–H and O–H groups in total. The minimum absolute atomic E-state index is 0.0697. The molecule has 238 valence electrons. The Labute approximate surface area is 293 Å². The summed E-state index contributed by atoms with van der Waals surface area (Å²) >= 11 is 0. The highest BCUT2D eigenvalue weighted by Gasteiger charge is 2.19. The average Bonchev–Trinajstić information content (AvgIpc) is 3.16. The Kier molecular flexibility index (Phi) is 7.10. The van der Waals surface area contributed by atoms with Crippen LogP contribution in [0.15, 0.2) is 158 Å². The summed E-state index contributed by atoms with van der Waals surface area (Å²) in [6.07, 6.45) is 6.42. The van der Waals surface area contributed by atoms with Gasteiger partial charge < -0.3 is 0 Å². The molecule has 8 aromatic carbocycles. The molecule has 9 rings (SSSR count). The molecular weight excluding hydrogens is 603 g/mol. The number of fused-ring (bicyclic) bond motifs is 1. The summed E-state index contributed by atoms with van der Waals surface area (Å²) in [6, 6.07) is 55.5. The van der Waals surface area contributed by atoms with Crippen LogP contribution in [0, 0.1) is 0 Å². The second kappa shape index (κ2) is 11.8. The molecule has 0 bridgehead atoms. The Hall–Kier alpha value is -6.05. The lowest BCUT2D eigenvalue weighted by Gasteiger charge is -2.22. The van der Waals surface area contributed by atoms with Crippen LogP contribution in [-0.2, 0) is 5.41 Å². The van der Waals surface area contributed by atoms with Gasteiger partial charge >= 0.3 is 0 Å². The molecule has 0 saturated heterocycles. The van der Waals surface area contributed by atoms with E-state index in [9.17, 15) is 0 Å². The maximum absolute atomic E-state index is 4.58. The normalized spacial score (nSPS) is 12.2.